The van der Waals surface area contributed by atoms with Crippen LogP contribution in [0.15, 0.2) is 48.5 Å². The van der Waals surface area contributed by atoms with E-state index in [1.165, 1.54) is 11.8 Å². The molecule has 1 aromatic heterocycles. The van der Waals surface area contributed by atoms with Crippen LogP contribution in [0.25, 0.3) is 22.5 Å². The normalized spacial score (nSPS) is 12.0. The number of aliphatic carboxylic acids is 1. The number of carboxylic acids is 1. The second kappa shape index (κ2) is 8.64. The molecule has 0 fully saturated rings. The number of nitrogens with zero attached hydrogens (tertiary/aromatic N) is 4. The zero-order valence-corrected chi connectivity index (χ0v) is 16.5. The minimum absolute atomic E-state index is 0.196. The number of aromatic amines is 1. The summed E-state index contributed by atoms with van der Waals surface area (Å²) in [5.41, 5.74) is 3.66. The van der Waals surface area contributed by atoms with Crippen molar-refractivity contribution >= 4 is 11.9 Å². The molecule has 3 rings (SSSR count). The minimum atomic E-state index is -0.999. The molecule has 0 radical (unpaired) electrons. The summed E-state index contributed by atoms with van der Waals surface area (Å²) >= 11 is 0. The highest BCUT2D eigenvalue weighted by atomic mass is 16.4. The van der Waals surface area contributed by atoms with E-state index in [1.807, 2.05) is 48.5 Å². The van der Waals surface area contributed by atoms with Gasteiger partial charge in [0.05, 0.1) is 0 Å². The van der Waals surface area contributed by atoms with Crippen molar-refractivity contribution < 1.29 is 14.7 Å². The molecular weight excluding hydrogens is 370 g/mol. The quantitative estimate of drug-likeness (QED) is 0.638. The molecule has 1 amide bonds. The summed E-state index contributed by atoms with van der Waals surface area (Å²) in [7, 11) is 0. The van der Waals surface area contributed by atoms with Crippen molar-refractivity contribution in [2.75, 3.05) is 0 Å². The number of carbonyl (C=O) groups excluding carboxylic acids is 1. The van der Waals surface area contributed by atoms with E-state index in [9.17, 15) is 14.7 Å². The first-order chi connectivity index (χ1) is 13.9. The standard InChI is InChI=1S/C21H23N5O3/c1-13(2)19(21(28)29)26(14(3)27)12-15-8-10-16(11-9-15)17-6-4-5-7-18(17)20-22-24-25-23-20/h4-11,13,19H,12H2,1-3H3,(H,28,29)(H,22,23,24,25)/t19-/m0/s1. The van der Waals surface area contributed by atoms with Gasteiger partial charge >= 0.3 is 5.97 Å². The van der Waals surface area contributed by atoms with Gasteiger partial charge in [0, 0.05) is 19.0 Å². The highest BCUT2D eigenvalue weighted by Crippen LogP contribution is 2.30. The zero-order valence-electron chi connectivity index (χ0n) is 16.5. The first kappa shape index (κ1) is 20.2. The molecule has 8 heteroatoms. The SMILES string of the molecule is CC(=O)N(Cc1ccc(-c2ccccc2-c2nnn[nH]2)cc1)[C@H](C(=O)O)C(C)C. The number of benzene rings is 2. The zero-order chi connectivity index (χ0) is 21.0. The van der Waals surface area contributed by atoms with Crippen LogP contribution < -0.4 is 0 Å². The van der Waals surface area contributed by atoms with Gasteiger partial charge in [-0.25, -0.2) is 9.89 Å². The van der Waals surface area contributed by atoms with Gasteiger partial charge in [0.1, 0.15) is 6.04 Å². The Kier molecular flexibility index (Phi) is 6.01. The molecule has 1 atom stereocenters. The number of amides is 1. The van der Waals surface area contributed by atoms with Crippen molar-refractivity contribution in [3.63, 3.8) is 0 Å². The number of aromatic nitrogens is 4. The number of nitrogens with one attached hydrogen (secondary N) is 1. The average molecular weight is 393 g/mol. The fraction of sp³-hybridized carbons (Fsp3) is 0.286. The van der Waals surface area contributed by atoms with Crippen molar-refractivity contribution in [2.45, 2.75) is 33.4 Å². The highest BCUT2D eigenvalue weighted by molar-refractivity contribution is 5.83. The number of H-pyrrole nitrogens is 1. The summed E-state index contributed by atoms with van der Waals surface area (Å²) in [6, 6.07) is 14.6. The highest BCUT2D eigenvalue weighted by Gasteiger charge is 2.30. The summed E-state index contributed by atoms with van der Waals surface area (Å²) in [6.45, 7) is 5.23. The van der Waals surface area contributed by atoms with Gasteiger partial charge in [-0.15, -0.1) is 5.10 Å². The Hall–Kier alpha value is -3.55. The largest absolute Gasteiger partial charge is 0.480 e. The molecule has 2 aromatic carbocycles. The Bertz CT molecular complexity index is 984. The van der Waals surface area contributed by atoms with E-state index in [0.29, 0.717) is 5.82 Å². The molecule has 150 valence electrons. The average Bonchev–Trinajstić information content (AvgIpc) is 3.22. The summed E-state index contributed by atoms with van der Waals surface area (Å²) in [5.74, 6) is -0.883. The van der Waals surface area contributed by atoms with E-state index >= 15 is 0 Å². The topological polar surface area (TPSA) is 112 Å². The Morgan fingerprint density at radius 1 is 1.07 bits per heavy atom. The van der Waals surface area contributed by atoms with Crippen LogP contribution in [0.4, 0.5) is 0 Å². The van der Waals surface area contributed by atoms with Crippen molar-refractivity contribution in [2.24, 2.45) is 5.92 Å². The Labute approximate surface area is 168 Å². The van der Waals surface area contributed by atoms with Crippen LogP contribution >= 0.6 is 0 Å². The number of rotatable bonds is 7. The van der Waals surface area contributed by atoms with Crippen LogP contribution in [0.2, 0.25) is 0 Å². The number of hydrogen-bond acceptors (Lipinski definition) is 5. The monoisotopic (exact) mass is 393 g/mol. The number of tetrazole rings is 1. The lowest BCUT2D eigenvalue weighted by Crippen LogP contribution is -2.46. The maximum Gasteiger partial charge on any atom is 0.326 e. The van der Waals surface area contributed by atoms with Gasteiger partial charge in [0.25, 0.3) is 0 Å². The maximum atomic E-state index is 12.1. The fourth-order valence-electron chi connectivity index (χ4n) is 3.38. The van der Waals surface area contributed by atoms with Crippen LogP contribution in [-0.2, 0) is 16.1 Å². The Morgan fingerprint density at radius 3 is 2.24 bits per heavy atom. The van der Waals surface area contributed by atoms with Gasteiger partial charge in [-0.05, 0) is 33.0 Å². The Balaban J connectivity index is 1.88. The van der Waals surface area contributed by atoms with Crippen molar-refractivity contribution in [3.8, 4) is 22.5 Å². The predicted molar refractivity (Wildman–Crippen MR) is 108 cm³/mol. The molecule has 0 unspecified atom stereocenters. The van der Waals surface area contributed by atoms with Gasteiger partial charge in [-0.2, -0.15) is 0 Å². The fourth-order valence-corrected chi connectivity index (χ4v) is 3.38. The molecule has 0 aliphatic heterocycles. The van der Waals surface area contributed by atoms with Crippen LogP contribution in [0, 0.1) is 5.92 Å². The Morgan fingerprint density at radius 2 is 1.72 bits per heavy atom. The second-order valence-corrected chi connectivity index (χ2v) is 7.17. The molecule has 1 heterocycles. The molecule has 0 saturated carbocycles. The van der Waals surface area contributed by atoms with E-state index in [2.05, 4.69) is 20.6 Å². The first-order valence-electron chi connectivity index (χ1n) is 9.31. The predicted octanol–water partition coefficient (Wildman–Crippen LogP) is 2.99. The van der Waals surface area contributed by atoms with Crippen LogP contribution in [0.5, 0.6) is 0 Å². The second-order valence-electron chi connectivity index (χ2n) is 7.17. The number of carbonyl (C=O) groups is 2. The molecule has 3 aromatic rings. The molecule has 0 aliphatic rings. The smallest absolute Gasteiger partial charge is 0.326 e. The lowest BCUT2D eigenvalue weighted by Gasteiger charge is -2.30. The molecule has 0 saturated heterocycles. The van der Waals surface area contributed by atoms with Gasteiger partial charge < -0.3 is 10.0 Å². The lowest BCUT2D eigenvalue weighted by molar-refractivity contribution is -0.152. The van der Waals surface area contributed by atoms with Gasteiger partial charge in [-0.1, -0.05) is 62.4 Å². The van der Waals surface area contributed by atoms with E-state index < -0.39 is 12.0 Å². The van der Waals surface area contributed by atoms with Crippen molar-refractivity contribution in [3.05, 3.63) is 54.1 Å². The molecule has 0 aliphatic carbocycles. The third-order valence-electron chi connectivity index (χ3n) is 4.77. The minimum Gasteiger partial charge on any atom is -0.480 e. The van der Waals surface area contributed by atoms with Crippen LogP contribution in [0.3, 0.4) is 0 Å². The van der Waals surface area contributed by atoms with E-state index in [1.54, 1.807) is 13.8 Å². The van der Waals surface area contributed by atoms with Crippen molar-refractivity contribution in [1.82, 2.24) is 25.5 Å². The van der Waals surface area contributed by atoms with E-state index in [4.69, 9.17) is 0 Å². The van der Waals surface area contributed by atoms with Crippen molar-refractivity contribution in [1.29, 1.82) is 0 Å². The molecule has 0 bridgehead atoms. The summed E-state index contributed by atoms with van der Waals surface area (Å²) in [4.78, 5) is 25.2. The molecule has 29 heavy (non-hydrogen) atoms. The summed E-state index contributed by atoms with van der Waals surface area (Å²) < 4.78 is 0. The molecule has 0 spiro atoms. The van der Waals surface area contributed by atoms with E-state index in [0.717, 1.165) is 22.3 Å². The summed E-state index contributed by atoms with van der Waals surface area (Å²) in [5, 5.41) is 23.6. The van der Waals surface area contributed by atoms with Gasteiger partial charge in [0.2, 0.25) is 5.91 Å². The van der Waals surface area contributed by atoms with Crippen LogP contribution in [-0.4, -0.2) is 48.5 Å². The number of hydrogen-bond donors (Lipinski definition) is 2. The van der Waals surface area contributed by atoms with E-state index in [-0.39, 0.29) is 18.4 Å². The third kappa shape index (κ3) is 4.48. The molecule has 8 nitrogen and oxygen atoms in total. The van der Waals surface area contributed by atoms with Gasteiger partial charge in [-0.3, -0.25) is 4.79 Å². The molecular formula is C21H23N5O3. The number of carboxylic acid groups (broad SMARTS) is 1. The first-order valence-corrected chi connectivity index (χ1v) is 9.31. The lowest BCUT2D eigenvalue weighted by atomic mass is 9.97. The molecule has 2 N–H and O–H groups in total. The maximum absolute atomic E-state index is 12.1. The third-order valence-corrected chi connectivity index (χ3v) is 4.77. The summed E-state index contributed by atoms with van der Waals surface area (Å²) in [6.07, 6.45) is 0. The van der Waals surface area contributed by atoms with Crippen LogP contribution in [0.1, 0.15) is 26.3 Å². The van der Waals surface area contributed by atoms with Gasteiger partial charge in [0.15, 0.2) is 5.82 Å².